The van der Waals surface area contributed by atoms with Gasteiger partial charge < -0.3 is 10.2 Å². The van der Waals surface area contributed by atoms with Crippen LogP contribution in [0.25, 0.3) is 18.0 Å². The molecule has 3 heterocycles. The number of nitrogens with zero attached hydrogens (tertiary/aromatic N) is 2. The highest BCUT2D eigenvalue weighted by atomic mass is 32.2. The van der Waals surface area contributed by atoms with Crippen molar-refractivity contribution in [1.29, 1.82) is 0 Å². The number of allylic oxidation sites excluding steroid dienone is 11. The van der Waals surface area contributed by atoms with Crippen molar-refractivity contribution in [1.82, 2.24) is 5.32 Å². The van der Waals surface area contributed by atoms with Crippen LogP contribution in [0.2, 0.25) is 0 Å². The average molecular weight is 628 g/mol. The quantitative estimate of drug-likeness (QED) is 0.314. The number of thioether (sulfide) groups is 1. The van der Waals surface area contributed by atoms with Gasteiger partial charge in [0.25, 0.3) is 0 Å². The van der Waals surface area contributed by atoms with Crippen LogP contribution in [0.1, 0.15) is 36.3 Å². The number of guanidine groups is 1. The van der Waals surface area contributed by atoms with Gasteiger partial charge in [-0.15, -0.1) is 11.8 Å². The number of nitrogens with one attached hydrogen (secondary N) is 1. The maximum absolute atomic E-state index is 5.00. The molecule has 10 rings (SSSR count). The van der Waals surface area contributed by atoms with Crippen LogP contribution in [-0.4, -0.2) is 17.3 Å². The maximum atomic E-state index is 5.00. The molecule has 0 bridgehead atoms. The van der Waals surface area contributed by atoms with E-state index in [9.17, 15) is 0 Å². The van der Waals surface area contributed by atoms with E-state index in [1.165, 1.54) is 50.1 Å². The Balaban J connectivity index is 0.882. The van der Waals surface area contributed by atoms with Crippen LogP contribution in [0.5, 0.6) is 0 Å². The van der Waals surface area contributed by atoms with Crippen LogP contribution in [0.3, 0.4) is 0 Å². The minimum atomic E-state index is 0.388. The van der Waals surface area contributed by atoms with E-state index in [2.05, 4.69) is 156 Å². The molecule has 3 aliphatic heterocycles. The van der Waals surface area contributed by atoms with E-state index in [0.29, 0.717) is 40.9 Å². The number of hydrogen-bond acceptors (Lipinski definition) is 4. The molecule has 0 saturated heterocycles. The highest BCUT2D eigenvalue weighted by Crippen LogP contribution is 2.55. The van der Waals surface area contributed by atoms with Crippen LogP contribution in [0.4, 0.5) is 5.69 Å². The maximum Gasteiger partial charge on any atom is 0.207 e. The van der Waals surface area contributed by atoms with E-state index in [4.69, 9.17) is 4.99 Å². The Bertz CT molecular complexity index is 2140. The molecule has 1 N–H and O–H groups in total. The third-order valence-corrected chi connectivity index (χ3v) is 12.9. The van der Waals surface area contributed by atoms with Gasteiger partial charge in [-0.2, -0.15) is 0 Å². The SMILES string of the molecule is C1=CC(C2C=CC(C3=CC4CCC5C(c6ccccc6N5C5=NC=c6ccccc6=CN5)[C@H]4C=C3)=CC2)C2Sc3ccccc3C2=C1. The van der Waals surface area contributed by atoms with Crippen molar-refractivity contribution in [2.24, 2.45) is 28.7 Å². The molecule has 0 spiro atoms. The van der Waals surface area contributed by atoms with E-state index in [1.807, 2.05) is 6.20 Å². The summed E-state index contributed by atoms with van der Waals surface area (Å²) in [6, 6.07) is 26.8. The minimum Gasteiger partial charge on any atom is -0.332 e. The lowest BCUT2D eigenvalue weighted by Crippen LogP contribution is -2.48. The van der Waals surface area contributed by atoms with Gasteiger partial charge >= 0.3 is 0 Å². The zero-order valence-corrected chi connectivity index (χ0v) is 27.1. The van der Waals surface area contributed by atoms with Crippen molar-refractivity contribution < 1.29 is 0 Å². The number of para-hydroxylation sites is 1. The Hall–Kier alpha value is -4.54. The summed E-state index contributed by atoms with van der Waals surface area (Å²) in [4.78, 5) is 8.93. The lowest BCUT2D eigenvalue weighted by atomic mass is 9.65. The summed E-state index contributed by atoms with van der Waals surface area (Å²) in [7, 11) is 0. The number of rotatable bonds is 2. The van der Waals surface area contributed by atoms with Gasteiger partial charge in [-0.05, 0) is 88.1 Å². The van der Waals surface area contributed by atoms with Gasteiger partial charge in [-0.3, -0.25) is 0 Å². The van der Waals surface area contributed by atoms with Gasteiger partial charge in [0.15, 0.2) is 0 Å². The Morgan fingerprint density at radius 1 is 0.787 bits per heavy atom. The zero-order valence-electron chi connectivity index (χ0n) is 26.2. The first kappa shape index (κ1) is 27.6. The summed E-state index contributed by atoms with van der Waals surface area (Å²) in [5.74, 6) is 3.47. The average Bonchev–Trinajstić information content (AvgIpc) is 3.60. The molecule has 3 aromatic carbocycles. The van der Waals surface area contributed by atoms with Gasteiger partial charge in [-0.25, -0.2) is 4.99 Å². The number of anilines is 1. The number of aliphatic imine (C=N–C) groups is 1. The lowest BCUT2D eigenvalue weighted by Gasteiger charge is -2.42. The number of fused-ring (bicyclic) bond motifs is 9. The topological polar surface area (TPSA) is 27.6 Å². The molecule has 6 unspecified atom stereocenters. The molecular formula is C43H37N3S. The van der Waals surface area contributed by atoms with Crippen LogP contribution < -0.4 is 20.7 Å². The normalized spacial score (nSPS) is 30.7. The molecule has 4 heteroatoms. The van der Waals surface area contributed by atoms with E-state index < -0.39 is 0 Å². The van der Waals surface area contributed by atoms with E-state index in [0.717, 1.165) is 24.0 Å². The van der Waals surface area contributed by atoms with Crippen LogP contribution in [0, 0.1) is 23.7 Å². The van der Waals surface area contributed by atoms with Crippen molar-refractivity contribution in [3.8, 4) is 0 Å². The third-order valence-electron chi connectivity index (χ3n) is 11.5. The molecule has 4 aliphatic carbocycles. The molecule has 3 nitrogen and oxygen atoms in total. The predicted molar refractivity (Wildman–Crippen MR) is 196 cm³/mol. The second kappa shape index (κ2) is 11.0. The molecule has 0 amide bonds. The van der Waals surface area contributed by atoms with Crippen molar-refractivity contribution in [2.45, 2.75) is 41.4 Å². The third kappa shape index (κ3) is 4.45. The van der Waals surface area contributed by atoms with Crippen molar-refractivity contribution in [2.75, 3.05) is 4.90 Å². The van der Waals surface area contributed by atoms with Gasteiger partial charge in [0.05, 0.1) is 0 Å². The molecule has 1 fully saturated rings. The Morgan fingerprint density at radius 2 is 1.64 bits per heavy atom. The van der Waals surface area contributed by atoms with Gasteiger partial charge in [0, 0.05) is 45.4 Å². The van der Waals surface area contributed by atoms with Crippen molar-refractivity contribution in [3.63, 3.8) is 0 Å². The number of hydrogen-bond donors (Lipinski definition) is 1. The van der Waals surface area contributed by atoms with Crippen LogP contribution in [-0.2, 0) is 0 Å². The van der Waals surface area contributed by atoms with Crippen LogP contribution >= 0.6 is 11.8 Å². The van der Waals surface area contributed by atoms with Gasteiger partial charge in [0.2, 0.25) is 5.96 Å². The summed E-state index contributed by atoms with van der Waals surface area (Å²) in [6.07, 6.45) is 29.7. The monoisotopic (exact) mass is 627 g/mol. The fourth-order valence-corrected chi connectivity index (χ4v) is 10.8. The second-order valence-electron chi connectivity index (χ2n) is 13.9. The Labute approximate surface area is 280 Å². The molecule has 0 aromatic heterocycles. The highest BCUT2D eigenvalue weighted by molar-refractivity contribution is 8.00. The van der Waals surface area contributed by atoms with Crippen molar-refractivity contribution in [3.05, 3.63) is 160 Å². The summed E-state index contributed by atoms with van der Waals surface area (Å²) >= 11 is 2.06. The lowest BCUT2D eigenvalue weighted by molar-refractivity contribution is 0.269. The fourth-order valence-electron chi connectivity index (χ4n) is 9.28. The zero-order chi connectivity index (χ0) is 30.9. The van der Waals surface area contributed by atoms with Gasteiger partial charge in [-0.1, -0.05) is 115 Å². The summed E-state index contributed by atoms with van der Waals surface area (Å²) < 4.78 is 0. The Morgan fingerprint density at radius 3 is 2.57 bits per heavy atom. The molecule has 7 atom stereocenters. The smallest absolute Gasteiger partial charge is 0.207 e. The predicted octanol–water partition coefficient (Wildman–Crippen LogP) is 7.86. The van der Waals surface area contributed by atoms with Gasteiger partial charge in [0.1, 0.15) is 0 Å². The Kier molecular flexibility index (Phi) is 6.47. The van der Waals surface area contributed by atoms with E-state index in [-0.39, 0.29) is 0 Å². The first-order valence-corrected chi connectivity index (χ1v) is 18.1. The largest absolute Gasteiger partial charge is 0.332 e. The summed E-state index contributed by atoms with van der Waals surface area (Å²) in [5, 5.41) is 6.42. The molecule has 230 valence electrons. The first-order chi connectivity index (χ1) is 23.3. The molecule has 7 aliphatic rings. The fraction of sp³-hybridized carbons (Fsp3) is 0.233. The van der Waals surface area contributed by atoms with Crippen molar-refractivity contribution >= 4 is 41.4 Å². The number of benzene rings is 3. The molecule has 1 saturated carbocycles. The van der Waals surface area contributed by atoms with E-state index in [1.54, 1.807) is 0 Å². The molecular weight excluding hydrogens is 591 g/mol. The van der Waals surface area contributed by atoms with E-state index >= 15 is 0 Å². The highest BCUT2D eigenvalue weighted by Gasteiger charge is 2.49. The van der Waals surface area contributed by atoms with Crippen LogP contribution in [0.15, 0.2) is 149 Å². The summed E-state index contributed by atoms with van der Waals surface area (Å²) in [6.45, 7) is 0. The molecule has 47 heavy (non-hydrogen) atoms. The minimum absolute atomic E-state index is 0.388. The second-order valence-corrected chi connectivity index (χ2v) is 15.0. The molecule has 3 aromatic rings. The molecule has 0 radical (unpaired) electrons. The standard InChI is InChI=1S/C43H37N3S/c1-2-9-32-26-45-43(44-25-31(32)8-1)46-38-14-5-3-11-37(38)41-33-22-20-29(24-30(33)21-23-39(41)46)27-16-18-28(19-17-27)34-12-7-13-36-35-10-4-6-15-40(35)47-42(34)36/h1-18,20,22,24-26,28,30,33-34,39,41-42H,19,21,23H2,(H,44,45)/t28?,30?,33-,34?,39?,41?,42?/m0/s1. The first-order valence-electron chi connectivity index (χ1n) is 17.2. The summed E-state index contributed by atoms with van der Waals surface area (Å²) in [5.41, 5.74) is 8.50.